The smallest absolute Gasteiger partial charge is 0.354 e. The molecule has 1 atom stereocenters. The highest BCUT2D eigenvalue weighted by atomic mass is 16.4. The molecule has 1 aromatic heterocycles. The number of carbonyl (C=O) groups excluding carboxylic acids is 1. The molecular weight excluding hydrogens is 232 g/mol. The van der Waals surface area contributed by atoms with Gasteiger partial charge < -0.3 is 10.0 Å². The molecule has 0 radical (unpaired) electrons. The van der Waals surface area contributed by atoms with E-state index in [4.69, 9.17) is 5.11 Å². The molecule has 2 rings (SSSR count). The molecule has 96 valence electrons. The summed E-state index contributed by atoms with van der Waals surface area (Å²) in [5, 5.41) is 8.87. The molecule has 0 spiro atoms. The summed E-state index contributed by atoms with van der Waals surface area (Å²) in [4.78, 5) is 28.6. The third-order valence-corrected chi connectivity index (χ3v) is 3.29. The molecule has 1 N–H and O–H groups in total. The van der Waals surface area contributed by atoms with Crippen molar-refractivity contribution < 1.29 is 14.7 Å². The first-order valence-corrected chi connectivity index (χ1v) is 6.10. The number of piperidine rings is 1. The molecule has 0 saturated carbocycles. The molecule has 1 aromatic rings. The second-order valence-electron chi connectivity index (χ2n) is 4.58. The van der Waals surface area contributed by atoms with Crippen LogP contribution in [0.15, 0.2) is 18.3 Å². The minimum Gasteiger partial charge on any atom is -0.477 e. The van der Waals surface area contributed by atoms with Crippen molar-refractivity contribution >= 4 is 11.9 Å². The molecule has 2 heterocycles. The Bertz CT molecular complexity index is 473. The Kier molecular flexibility index (Phi) is 3.60. The van der Waals surface area contributed by atoms with E-state index in [2.05, 4.69) is 4.98 Å². The van der Waals surface area contributed by atoms with Gasteiger partial charge in [-0.05, 0) is 38.3 Å². The Balaban J connectivity index is 2.22. The van der Waals surface area contributed by atoms with Crippen LogP contribution in [0.2, 0.25) is 0 Å². The Hall–Kier alpha value is -1.91. The number of carboxylic acid groups (broad SMARTS) is 1. The number of carboxylic acids is 1. The van der Waals surface area contributed by atoms with E-state index in [9.17, 15) is 9.59 Å². The van der Waals surface area contributed by atoms with Crippen molar-refractivity contribution in [2.45, 2.75) is 32.2 Å². The van der Waals surface area contributed by atoms with Gasteiger partial charge in [0.2, 0.25) is 0 Å². The summed E-state index contributed by atoms with van der Waals surface area (Å²) in [5.74, 6) is -1.22. The van der Waals surface area contributed by atoms with E-state index in [1.54, 1.807) is 6.07 Å². The fraction of sp³-hybridized carbons (Fsp3) is 0.462. The molecule has 1 aliphatic rings. The van der Waals surface area contributed by atoms with Gasteiger partial charge in [-0.2, -0.15) is 0 Å². The SMILES string of the molecule is CC1CCCCN1C(=O)c1ccnc(C(=O)O)c1. The van der Waals surface area contributed by atoms with Crippen molar-refractivity contribution in [1.29, 1.82) is 0 Å². The average molecular weight is 248 g/mol. The number of likely N-dealkylation sites (tertiary alicyclic amines) is 1. The summed E-state index contributed by atoms with van der Waals surface area (Å²) in [5.41, 5.74) is 0.307. The van der Waals surface area contributed by atoms with Crippen molar-refractivity contribution in [3.8, 4) is 0 Å². The zero-order valence-corrected chi connectivity index (χ0v) is 10.3. The molecule has 1 fully saturated rings. The largest absolute Gasteiger partial charge is 0.477 e. The molecule has 1 saturated heterocycles. The Morgan fingerprint density at radius 1 is 1.44 bits per heavy atom. The van der Waals surface area contributed by atoms with Crippen LogP contribution < -0.4 is 0 Å². The van der Waals surface area contributed by atoms with Gasteiger partial charge in [0.15, 0.2) is 0 Å². The predicted molar refractivity (Wildman–Crippen MR) is 65.5 cm³/mol. The number of aromatic nitrogens is 1. The fourth-order valence-corrected chi connectivity index (χ4v) is 2.25. The first kappa shape index (κ1) is 12.5. The second kappa shape index (κ2) is 5.16. The van der Waals surface area contributed by atoms with E-state index in [1.807, 2.05) is 11.8 Å². The van der Waals surface area contributed by atoms with Crippen LogP contribution in [0.25, 0.3) is 0 Å². The normalized spacial score (nSPS) is 19.6. The minimum atomic E-state index is -1.11. The maximum absolute atomic E-state index is 12.3. The Morgan fingerprint density at radius 3 is 2.89 bits per heavy atom. The van der Waals surface area contributed by atoms with Crippen LogP contribution in [0.1, 0.15) is 47.0 Å². The quantitative estimate of drug-likeness (QED) is 0.866. The Morgan fingerprint density at radius 2 is 2.22 bits per heavy atom. The molecule has 5 nitrogen and oxygen atoms in total. The molecule has 0 bridgehead atoms. The summed E-state index contributed by atoms with van der Waals surface area (Å²) in [6.07, 6.45) is 4.52. The number of hydrogen-bond acceptors (Lipinski definition) is 3. The summed E-state index contributed by atoms with van der Waals surface area (Å²) in [6, 6.07) is 3.12. The van der Waals surface area contributed by atoms with Crippen molar-refractivity contribution in [3.63, 3.8) is 0 Å². The predicted octanol–water partition coefficient (Wildman–Crippen LogP) is 1.79. The summed E-state index contributed by atoms with van der Waals surface area (Å²) in [7, 11) is 0. The highest BCUT2D eigenvalue weighted by Gasteiger charge is 2.24. The molecule has 1 aliphatic heterocycles. The van der Waals surface area contributed by atoms with Crippen LogP contribution in [0.3, 0.4) is 0 Å². The molecule has 5 heteroatoms. The number of amides is 1. The van der Waals surface area contributed by atoms with E-state index in [-0.39, 0.29) is 17.6 Å². The number of hydrogen-bond donors (Lipinski definition) is 1. The Labute approximate surface area is 105 Å². The van der Waals surface area contributed by atoms with Gasteiger partial charge in [0, 0.05) is 24.3 Å². The van der Waals surface area contributed by atoms with Gasteiger partial charge in [0.25, 0.3) is 5.91 Å². The van der Waals surface area contributed by atoms with Gasteiger partial charge >= 0.3 is 5.97 Å². The molecule has 18 heavy (non-hydrogen) atoms. The first-order chi connectivity index (χ1) is 8.59. The van der Waals surface area contributed by atoms with Crippen molar-refractivity contribution in [2.24, 2.45) is 0 Å². The van der Waals surface area contributed by atoms with Gasteiger partial charge in [-0.15, -0.1) is 0 Å². The molecular formula is C13H16N2O3. The zero-order valence-electron chi connectivity index (χ0n) is 10.3. The van der Waals surface area contributed by atoms with E-state index >= 15 is 0 Å². The lowest BCUT2D eigenvalue weighted by molar-refractivity contribution is 0.0635. The van der Waals surface area contributed by atoms with Gasteiger partial charge in [-0.1, -0.05) is 0 Å². The maximum Gasteiger partial charge on any atom is 0.354 e. The standard InChI is InChI=1S/C13H16N2O3/c1-9-4-2-3-7-15(9)12(16)10-5-6-14-11(8-10)13(17)18/h5-6,8-9H,2-4,7H2,1H3,(H,17,18). The third kappa shape index (κ3) is 2.50. The van der Waals surface area contributed by atoms with Crippen LogP contribution in [-0.4, -0.2) is 39.5 Å². The van der Waals surface area contributed by atoms with Gasteiger partial charge in [0.1, 0.15) is 5.69 Å². The van der Waals surface area contributed by atoms with Crippen LogP contribution in [-0.2, 0) is 0 Å². The lowest BCUT2D eigenvalue weighted by Crippen LogP contribution is -2.42. The van der Waals surface area contributed by atoms with Crippen LogP contribution in [0, 0.1) is 0 Å². The average Bonchev–Trinajstić information content (AvgIpc) is 2.38. The molecule has 1 amide bonds. The number of aromatic carboxylic acids is 1. The lowest BCUT2D eigenvalue weighted by Gasteiger charge is -2.33. The van der Waals surface area contributed by atoms with E-state index in [1.165, 1.54) is 12.3 Å². The number of carbonyl (C=O) groups is 2. The lowest BCUT2D eigenvalue weighted by atomic mass is 10.0. The van der Waals surface area contributed by atoms with E-state index in [0.29, 0.717) is 5.56 Å². The molecule has 0 aromatic carbocycles. The maximum atomic E-state index is 12.3. The summed E-state index contributed by atoms with van der Waals surface area (Å²) in [6.45, 7) is 2.76. The zero-order chi connectivity index (χ0) is 13.1. The summed E-state index contributed by atoms with van der Waals surface area (Å²) >= 11 is 0. The van der Waals surface area contributed by atoms with E-state index < -0.39 is 5.97 Å². The second-order valence-corrected chi connectivity index (χ2v) is 4.58. The third-order valence-electron chi connectivity index (χ3n) is 3.29. The highest BCUT2D eigenvalue weighted by molar-refractivity contribution is 5.96. The van der Waals surface area contributed by atoms with Gasteiger partial charge in [0.05, 0.1) is 0 Å². The minimum absolute atomic E-state index is 0.0921. The first-order valence-electron chi connectivity index (χ1n) is 6.10. The van der Waals surface area contributed by atoms with Crippen molar-refractivity contribution in [3.05, 3.63) is 29.6 Å². The number of nitrogens with zero attached hydrogens (tertiary/aromatic N) is 2. The van der Waals surface area contributed by atoms with Crippen LogP contribution >= 0.6 is 0 Å². The molecule has 0 aliphatic carbocycles. The van der Waals surface area contributed by atoms with E-state index in [0.717, 1.165) is 25.8 Å². The monoisotopic (exact) mass is 248 g/mol. The summed E-state index contributed by atoms with van der Waals surface area (Å²) < 4.78 is 0. The fourth-order valence-electron chi connectivity index (χ4n) is 2.25. The van der Waals surface area contributed by atoms with Gasteiger partial charge in [-0.25, -0.2) is 9.78 Å². The highest BCUT2D eigenvalue weighted by Crippen LogP contribution is 2.19. The van der Waals surface area contributed by atoms with Crippen LogP contribution in [0.5, 0.6) is 0 Å². The van der Waals surface area contributed by atoms with Gasteiger partial charge in [-0.3, -0.25) is 4.79 Å². The van der Waals surface area contributed by atoms with Crippen molar-refractivity contribution in [1.82, 2.24) is 9.88 Å². The number of pyridine rings is 1. The topological polar surface area (TPSA) is 70.5 Å². The van der Waals surface area contributed by atoms with Crippen molar-refractivity contribution in [2.75, 3.05) is 6.54 Å². The number of rotatable bonds is 2. The molecule has 1 unspecified atom stereocenters. The van der Waals surface area contributed by atoms with Crippen LogP contribution in [0.4, 0.5) is 0 Å².